The van der Waals surface area contributed by atoms with E-state index in [0.29, 0.717) is 0 Å². The van der Waals surface area contributed by atoms with Crippen molar-refractivity contribution in [2.75, 3.05) is 7.11 Å². The summed E-state index contributed by atoms with van der Waals surface area (Å²) < 4.78 is 4.66. The standard InChI is InChI=1S/C6H14B2O2/c1-4-6(2,8-7)5(9)10-3/h8H,4,7H2,1-3H3. The molecular formula is C6H14B2O2. The van der Waals surface area contributed by atoms with E-state index < -0.39 is 0 Å². The molecule has 0 aliphatic heterocycles. The Morgan fingerprint density at radius 2 is 2.30 bits per heavy atom. The first-order chi connectivity index (χ1) is 4.60. The Bertz CT molecular complexity index is 121. The van der Waals surface area contributed by atoms with Gasteiger partial charge in [-0.25, -0.2) is 0 Å². The van der Waals surface area contributed by atoms with Crippen molar-refractivity contribution in [3.8, 4) is 0 Å². The summed E-state index contributed by atoms with van der Waals surface area (Å²) in [6.07, 6.45) is 0.843. The Morgan fingerprint density at radius 1 is 1.80 bits per heavy atom. The van der Waals surface area contributed by atoms with Gasteiger partial charge < -0.3 is 4.74 Å². The van der Waals surface area contributed by atoms with Crippen molar-refractivity contribution in [3.05, 3.63) is 0 Å². The van der Waals surface area contributed by atoms with Gasteiger partial charge in [-0.15, -0.1) is 0 Å². The molecule has 0 spiro atoms. The third kappa shape index (κ3) is 1.79. The number of ether oxygens (including phenoxy) is 1. The molecule has 0 aromatic rings. The molecule has 0 aromatic heterocycles. The fraction of sp³-hybridized carbons (Fsp3) is 0.833. The zero-order valence-electron chi connectivity index (χ0n) is 7.23. The predicted octanol–water partition coefficient (Wildman–Crippen LogP) is -0.267. The molecule has 0 aromatic carbocycles. The first-order valence-electron chi connectivity index (χ1n) is 3.69. The van der Waals surface area contributed by atoms with Crippen molar-refractivity contribution in [2.24, 2.45) is 0 Å². The summed E-state index contributed by atoms with van der Waals surface area (Å²) in [5, 5.41) is -0.269. The summed E-state index contributed by atoms with van der Waals surface area (Å²) >= 11 is 0. The normalized spacial score (nSPS) is 15.5. The molecule has 10 heavy (non-hydrogen) atoms. The summed E-state index contributed by atoms with van der Waals surface area (Å²) in [5.41, 5.74) is 0. The van der Waals surface area contributed by atoms with Gasteiger partial charge in [0.2, 0.25) is 0 Å². The van der Waals surface area contributed by atoms with E-state index in [9.17, 15) is 4.79 Å². The monoisotopic (exact) mass is 140 g/mol. The molecule has 1 atom stereocenters. The van der Waals surface area contributed by atoms with E-state index in [0.717, 1.165) is 13.6 Å². The Kier molecular flexibility index (Phi) is 3.54. The number of methoxy groups -OCH3 is 1. The Morgan fingerprint density at radius 3 is 2.40 bits per heavy atom. The Hall–Kier alpha value is -0.400. The zero-order valence-corrected chi connectivity index (χ0v) is 7.23. The van der Waals surface area contributed by atoms with Crippen molar-refractivity contribution in [1.29, 1.82) is 0 Å². The lowest BCUT2D eigenvalue weighted by Gasteiger charge is -2.22. The fourth-order valence-corrected chi connectivity index (χ4v) is 0.785. The summed E-state index contributed by atoms with van der Waals surface area (Å²) in [7, 11) is 4.28. The van der Waals surface area contributed by atoms with E-state index in [4.69, 9.17) is 0 Å². The molecule has 2 nitrogen and oxygen atoms in total. The maximum atomic E-state index is 11.1. The molecular weight excluding hydrogens is 126 g/mol. The van der Waals surface area contributed by atoms with E-state index in [1.54, 1.807) is 0 Å². The minimum absolute atomic E-state index is 0.0995. The van der Waals surface area contributed by atoms with Gasteiger partial charge in [-0.2, -0.15) is 0 Å². The van der Waals surface area contributed by atoms with Gasteiger partial charge in [0, 0.05) is 5.31 Å². The first-order valence-corrected chi connectivity index (χ1v) is 3.69. The van der Waals surface area contributed by atoms with Gasteiger partial charge in [-0.1, -0.05) is 13.8 Å². The van der Waals surface area contributed by atoms with Crippen LogP contribution in [-0.4, -0.2) is 28.0 Å². The molecule has 0 N–H and O–H groups in total. The second-order valence-corrected chi connectivity index (χ2v) is 2.76. The van der Waals surface area contributed by atoms with Crippen LogP contribution in [0.4, 0.5) is 0 Å². The maximum absolute atomic E-state index is 11.1. The van der Waals surface area contributed by atoms with Crippen LogP contribution in [-0.2, 0) is 9.53 Å². The summed E-state index contributed by atoms with van der Waals surface area (Å²) in [6.45, 7) is 3.93. The van der Waals surface area contributed by atoms with Crippen molar-refractivity contribution >= 4 is 20.9 Å². The molecule has 4 heteroatoms. The Labute approximate surface area is 64.0 Å². The summed E-state index contributed by atoms with van der Waals surface area (Å²) in [6, 6.07) is 0. The number of carbonyl (C=O) groups is 1. The highest BCUT2D eigenvalue weighted by Crippen LogP contribution is 2.28. The van der Waals surface area contributed by atoms with E-state index in [1.165, 1.54) is 7.11 Å². The molecule has 0 aliphatic rings. The SMILES string of the molecule is BBC(C)(CC)C(=O)OC. The van der Waals surface area contributed by atoms with Crippen LogP contribution >= 0.6 is 0 Å². The van der Waals surface area contributed by atoms with E-state index >= 15 is 0 Å². The smallest absolute Gasteiger partial charge is 0.302 e. The van der Waals surface area contributed by atoms with Gasteiger partial charge in [-0.3, -0.25) is 4.79 Å². The number of rotatable bonds is 3. The molecule has 0 saturated heterocycles. The molecule has 0 saturated carbocycles. The highest BCUT2D eigenvalue weighted by Gasteiger charge is 2.29. The van der Waals surface area contributed by atoms with E-state index in [-0.39, 0.29) is 11.3 Å². The van der Waals surface area contributed by atoms with E-state index in [1.807, 2.05) is 21.6 Å². The molecule has 0 radical (unpaired) electrons. The van der Waals surface area contributed by atoms with Gasteiger partial charge in [0.05, 0.1) is 14.8 Å². The maximum Gasteiger partial charge on any atom is 0.302 e. The highest BCUT2D eigenvalue weighted by atomic mass is 16.5. The second kappa shape index (κ2) is 3.69. The van der Waals surface area contributed by atoms with Crippen LogP contribution in [0.2, 0.25) is 5.31 Å². The van der Waals surface area contributed by atoms with Crippen LogP contribution in [0.15, 0.2) is 0 Å². The van der Waals surface area contributed by atoms with Crippen molar-refractivity contribution in [3.63, 3.8) is 0 Å². The van der Waals surface area contributed by atoms with Crippen LogP contribution in [0.25, 0.3) is 0 Å². The second-order valence-electron chi connectivity index (χ2n) is 2.76. The quantitative estimate of drug-likeness (QED) is 0.398. The van der Waals surface area contributed by atoms with Crippen molar-refractivity contribution in [1.82, 2.24) is 0 Å². The lowest BCUT2D eigenvalue weighted by molar-refractivity contribution is -0.143. The van der Waals surface area contributed by atoms with Crippen LogP contribution in [0.5, 0.6) is 0 Å². The van der Waals surface area contributed by atoms with E-state index in [2.05, 4.69) is 4.74 Å². The van der Waals surface area contributed by atoms with Crippen LogP contribution in [0.3, 0.4) is 0 Å². The van der Waals surface area contributed by atoms with Crippen LogP contribution < -0.4 is 0 Å². The van der Waals surface area contributed by atoms with Crippen molar-refractivity contribution < 1.29 is 9.53 Å². The fourth-order valence-electron chi connectivity index (χ4n) is 0.785. The zero-order chi connectivity index (χ0) is 8.20. The van der Waals surface area contributed by atoms with Gasteiger partial charge in [0.25, 0.3) is 0 Å². The topological polar surface area (TPSA) is 26.3 Å². The number of esters is 1. The average Bonchev–Trinajstić information content (AvgIpc) is 2.01. The lowest BCUT2D eigenvalue weighted by atomic mass is 9.39. The van der Waals surface area contributed by atoms with Crippen LogP contribution in [0, 0.1) is 0 Å². The van der Waals surface area contributed by atoms with Crippen molar-refractivity contribution in [2.45, 2.75) is 25.6 Å². The number of hydrogen-bond acceptors (Lipinski definition) is 2. The molecule has 1 unspecified atom stereocenters. The molecule has 56 valence electrons. The minimum atomic E-state index is -0.269. The molecule has 0 rings (SSSR count). The first kappa shape index (κ1) is 9.60. The average molecular weight is 140 g/mol. The highest BCUT2D eigenvalue weighted by molar-refractivity contribution is 6.93. The van der Waals surface area contributed by atoms with Gasteiger partial charge in [0.1, 0.15) is 7.17 Å². The van der Waals surface area contributed by atoms with Gasteiger partial charge >= 0.3 is 5.97 Å². The number of carbonyl (C=O) groups excluding carboxylic acids is 1. The molecule has 0 heterocycles. The summed E-state index contributed by atoms with van der Waals surface area (Å²) in [4.78, 5) is 11.1. The molecule has 0 fully saturated rings. The minimum Gasteiger partial charge on any atom is -0.469 e. The lowest BCUT2D eigenvalue weighted by Crippen LogP contribution is -2.27. The third-order valence-corrected chi connectivity index (χ3v) is 2.24. The van der Waals surface area contributed by atoms with Crippen LogP contribution in [0.1, 0.15) is 20.3 Å². The van der Waals surface area contributed by atoms with Gasteiger partial charge in [0.15, 0.2) is 0 Å². The Balaban J connectivity index is 4.17. The molecule has 0 amide bonds. The van der Waals surface area contributed by atoms with Gasteiger partial charge in [-0.05, 0) is 6.42 Å². The number of hydrogen-bond donors (Lipinski definition) is 0. The summed E-state index contributed by atoms with van der Waals surface area (Å²) in [5.74, 6) is -0.0995. The predicted molar refractivity (Wildman–Crippen MR) is 46.4 cm³/mol. The molecule has 0 aliphatic carbocycles. The molecule has 0 bridgehead atoms. The third-order valence-electron chi connectivity index (χ3n) is 2.24. The largest absolute Gasteiger partial charge is 0.469 e.